The lowest BCUT2D eigenvalue weighted by Crippen LogP contribution is -2.35. The second kappa shape index (κ2) is 7.92. The average molecular weight is 364 g/mol. The van der Waals surface area contributed by atoms with E-state index in [2.05, 4.69) is 30.4 Å². The van der Waals surface area contributed by atoms with Crippen molar-refractivity contribution in [1.29, 1.82) is 0 Å². The molecule has 0 bridgehead atoms. The number of aromatic nitrogens is 4. The Labute approximate surface area is 151 Å². The van der Waals surface area contributed by atoms with Crippen molar-refractivity contribution in [1.82, 2.24) is 25.1 Å². The third-order valence-corrected chi connectivity index (χ3v) is 5.37. The molecule has 1 amide bonds. The Hall–Kier alpha value is -2.00. The minimum absolute atomic E-state index is 0.0427. The topological polar surface area (TPSA) is 94.0 Å². The zero-order valence-electron chi connectivity index (χ0n) is 14.8. The van der Waals surface area contributed by atoms with Crippen LogP contribution in [0.15, 0.2) is 0 Å². The van der Waals surface area contributed by atoms with Crippen LogP contribution in [-0.2, 0) is 24.3 Å². The van der Waals surface area contributed by atoms with E-state index in [1.165, 1.54) is 11.3 Å². The van der Waals surface area contributed by atoms with Crippen molar-refractivity contribution < 1.29 is 9.53 Å². The van der Waals surface area contributed by atoms with Gasteiger partial charge in [-0.05, 0) is 26.7 Å². The molecule has 9 heteroatoms. The minimum Gasteiger partial charge on any atom is -0.377 e. The number of nitrogens with one attached hydrogen (secondary N) is 2. The number of hydrogen-bond donors (Lipinski definition) is 2. The highest BCUT2D eigenvalue weighted by Crippen LogP contribution is 2.23. The predicted octanol–water partition coefficient (Wildman–Crippen LogP) is 1.76. The van der Waals surface area contributed by atoms with Gasteiger partial charge < -0.3 is 19.9 Å². The highest BCUT2D eigenvalue weighted by Gasteiger charge is 2.23. The van der Waals surface area contributed by atoms with E-state index in [1.807, 2.05) is 13.8 Å². The summed E-state index contributed by atoms with van der Waals surface area (Å²) in [6.45, 7) is 5.92. The van der Waals surface area contributed by atoms with Gasteiger partial charge in [-0.1, -0.05) is 11.3 Å². The maximum Gasteiger partial charge on any atom is 0.263 e. The van der Waals surface area contributed by atoms with Gasteiger partial charge >= 0.3 is 0 Å². The minimum atomic E-state index is -0.0427. The zero-order valence-corrected chi connectivity index (χ0v) is 15.7. The molecule has 0 saturated heterocycles. The number of anilines is 1. The standard InChI is InChI=1S/C16H24N6O2S/c1-4-17-16-18-10(2)14(25-16)15(23)19-11-5-6-12-20-21-13(9-24-3)22(12)8-7-11/h11H,4-9H2,1-3H3,(H,17,18)(H,19,23). The first-order valence-corrected chi connectivity index (χ1v) is 9.36. The molecule has 0 aromatic carbocycles. The Balaban J connectivity index is 1.63. The molecule has 1 atom stereocenters. The summed E-state index contributed by atoms with van der Waals surface area (Å²) >= 11 is 1.41. The van der Waals surface area contributed by atoms with Gasteiger partial charge in [-0.15, -0.1) is 10.2 Å². The third kappa shape index (κ3) is 3.98. The quantitative estimate of drug-likeness (QED) is 0.811. The molecule has 8 nitrogen and oxygen atoms in total. The van der Waals surface area contributed by atoms with Gasteiger partial charge in [-0.2, -0.15) is 0 Å². The van der Waals surface area contributed by atoms with Crippen LogP contribution in [0.2, 0.25) is 0 Å². The number of carbonyl (C=O) groups excluding carboxylic acids is 1. The lowest BCUT2D eigenvalue weighted by Gasteiger charge is -2.15. The molecular weight excluding hydrogens is 340 g/mol. The van der Waals surface area contributed by atoms with Crippen molar-refractivity contribution in [2.75, 3.05) is 19.0 Å². The van der Waals surface area contributed by atoms with Gasteiger partial charge in [0.1, 0.15) is 17.3 Å². The number of rotatable bonds is 6. The molecule has 136 valence electrons. The molecule has 1 unspecified atom stereocenters. The first-order valence-electron chi connectivity index (χ1n) is 8.54. The maximum atomic E-state index is 12.6. The van der Waals surface area contributed by atoms with Crippen LogP contribution >= 0.6 is 11.3 Å². The molecule has 1 aliphatic rings. The number of fused-ring (bicyclic) bond motifs is 1. The van der Waals surface area contributed by atoms with Crippen LogP contribution in [0.4, 0.5) is 5.13 Å². The van der Waals surface area contributed by atoms with Crippen LogP contribution in [0.1, 0.15) is 46.8 Å². The smallest absolute Gasteiger partial charge is 0.263 e. The van der Waals surface area contributed by atoms with Gasteiger partial charge in [0.2, 0.25) is 0 Å². The van der Waals surface area contributed by atoms with E-state index in [0.717, 1.165) is 54.8 Å². The summed E-state index contributed by atoms with van der Waals surface area (Å²) in [6, 6.07) is 0.119. The first-order chi connectivity index (χ1) is 12.1. The van der Waals surface area contributed by atoms with Crippen LogP contribution in [0.5, 0.6) is 0 Å². The first kappa shape index (κ1) is 17.8. The molecule has 2 N–H and O–H groups in total. The number of ether oxygens (including phenoxy) is 1. The Bertz CT molecular complexity index is 741. The van der Waals surface area contributed by atoms with E-state index in [4.69, 9.17) is 4.74 Å². The lowest BCUT2D eigenvalue weighted by atomic mass is 10.1. The number of hydrogen-bond acceptors (Lipinski definition) is 7. The number of methoxy groups -OCH3 is 1. The number of aryl methyl sites for hydroxylation is 2. The normalized spacial score (nSPS) is 17.0. The molecule has 0 fully saturated rings. The van der Waals surface area contributed by atoms with E-state index >= 15 is 0 Å². The highest BCUT2D eigenvalue weighted by molar-refractivity contribution is 7.17. The fourth-order valence-electron chi connectivity index (χ4n) is 3.01. The van der Waals surface area contributed by atoms with Crippen LogP contribution < -0.4 is 10.6 Å². The maximum absolute atomic E-state index is 12.6. The summed E-state index contributed by atoms with van der Waals surface area (Å²) < 4.78 is 7.28. The Morgan fingerprint density at radius 2 is 2.24 bits per heavy atom. The third-order valence-electron chi connectivity index (χ3n) is 4.26. The van der Waals surface area contributed by atoms with E-state index in [-0.39, 0.29) is 11.9 Å². The van der Waals surface area contributed by atoms with Crippen LogP contribution in [0, 0.1) is 6.92 Å². The van der Waals surface area contributed by atoms with Crippen molar-refractivity contribution in [3.8, 4) is 0 Å². The fourth-order valence-corrected chi connectivity index (χ4v) is 3.95. The number of nitrogens with zero attached hydrogens (tertiary/aromatic N) is 4. The molecule has 25 heavy (non-hydrogen) atoms. The molecule has 0 radical (unpaired) electrons. The molecule has 2 aromatic heterocycles. The number of amides is 1. The lowest BCUT2D eigenvalue weighted by molar-refractivity contribution is 0.0936. The highest BCUT2D eigenvalue weighted by atomic mass is 32.1. The molecular formula is C16H24N6O2S. The van der Waals surface area contributed by atoms with E-state index < -0.39 is 0 Å². The van der Waals surface area contributed by atoms with Crippen LogP contribution in [0.25, 0.3) is 0 Å². The van der Waals surface area contributed by atoms with Crippen molar-refractivity contribution in [3.05, 3.63) is 22.2 Å². The number of thiazole rings is 1. The van der Waals surface area contributed by atoms with Gasteiger partial charge in [0.25, 0.3) is 5.91 Å². The molecule has 0 spiro atoms. The van der Waals surface area contributed by atoms with Gasteiger partial charge in [0.15, 0.2) is 11.0 Å². The molecule has 3 rings (SSSR count). The summed E-state index contributed by atoms with van der Waals surface area (Å²) in [7, 11) is 1.65. The Morgan fingerprint density at radius 3 is 3.00 bits per heavy atom. The van der Waals surface area contributed by atoms with Crippen molar-refractivity contribution in [3.63, 3.8) is 0 Å². The molecule has 0 saturated carbocycles. The largest absolute Gasteiger partial charge is 0.377 e. The van der Waals surface area contributed by atoms with Crippen LogP contribution in [0.3, 0.4) is 0 Å². The molecule has 3 heterocycles. The second-order valence-corrected chi connectivity index (χ2v) is 7.08. The van der Waals surface area contributed by atoms with E-state index in [1.54, 1.807) is 7.11 Å². The monoisotopic (exact) mass is 364 g/mol. The van der Waals surface area contributed by atoms with Crippen LogP contribution in [-0.4, -0.2) is 45.4 Å². The SMILES string of the molecule is CCNc1nc(C)c(C(=O)NC2CCc3nnc(COC)n3CC2)s1. The summed E-state index contributed by atoms with van der Waals surface area (Å²) in [5.74, 6) is 1.77. The predicted molar refractivity (Wildman–Crippen MR) is 95.9 cm³/mol. The van der Waals surface area contributed by atoms with Crippen molar-refractivity contribution in [2.24, 2.45) is 0 Å². The van der Waals surface area contributed by atoms with E-state index in [9.17, 15) is 4.79 Å². The molecule has 1 aliphatic heterocycles. The number of carbonyl (C=O) groups is 1. The van der Waals surface area contributed by atoms with Crippen molar-refractivity contribution in [2.45, 2.75) is 52.3 Å². The Morgan fingerprint density at radius 1 is 1.40 bits per heavy atom. The van der Waals surface area contributed by atoms with Gasteiger partial charge in [0, 0.05) is 32.7 Å². The summed E-state index contributed by atoms with van der Waals surface area (Å²) in [4.78, 5) is 17.7. The second-order valence-electron chi connectivity index (χ2n) is 6.08. The van der Waals surface area contributed by atoms with E-state index in [0.29, 0.717) is 11.5 Å². The van der Waals surface area contributed by atoms with Gasteiger partial charge in [-0.3, -0.25) is 4.79 Å². The zero-order chi connectivity index (χ0) is 17.8. The Kier molecular flexibility index (Phi) is 5.64. The summed E-state index contributed by atoms with van der Waals surface area (Å²) in [6.07, 6.45) is 2.51. The summed E-state index contributed by atoms with van der Waals surface area (Å²) in [5.41, 5.74) is 0.770. The fraction of sp³-hybridized carbons (Fsp3) is 0.625. The van der Waals surface area contributed by atoms with Gasteiger partial charge in [-0.25, -0.2) is 4.98 Å². The summed E-state index contributed by atoms with van der Waals surface area (Å²) in [5, 5.41) is 15.5. The van der Waals surface area contributed by atoms with Gasteiger partial charge in [0.05, 0.1) is 5.69 Å². The molecule has 2 aromatic rings. The average Bonchev–Trinajstić information content (AvgIpc) is 3.07. The van der Waals surface area contributed by atoms with Crippen molar-refractivity contribution >= 4 is 22.4 Å². The molecule has 0 aliphatic carbocycles.